The maximum atomic E-state index is 2.65. The van der Waals surface area contributed by atoms with Crippen molar-refractivity contribution >= 4 is 132 Å². The summed E-state index contributed by atoms with van der Waals surface area (Å²) >= 11 is 0. The highest BCUT2D eigenvalue weighted by atomic mass is 28.3. The second-order valence-corrected chi connectivity index (χ2v) is 31.1. The summed E-state index contributed by atoms with van der Waals surface area (Å²) in [5, 5.41) is 10.6. The van der Waals surface area contributed by atoms with Crippen LogP contribution in [0.2, 0.25) is 0 Å². The van der Waals surface area contributed by atoms with Crippen LogP contribution in [0.5, 0.6) is 0 Å². The third kappa shape index (κ3) is 9.02. The number of fused-ring (bicyclic) bond motifs is 4. The molecule has 0 amide bonds. The van der Waals surface area contributed by atoms with Crippen molar-refractivity contribution in [2.24, 2.45) is 0 Å². The molecule has 14 aromatic carbocycles. The van der Waals surface area contributed by atoms with Crippen LogP contribution in [0.1, 0.15) is 0 Å². The Morgan fingerprint density at radius 3 is 1.08 bits per heavy atom. The van der Waals surface area contributed by atoms with Crippen LogP contribution in [-0.4, -0.2) is 22.9 Å². The largest absolute Gasteiger partial charge is 0.311 e. The third-order valence-electron chi connectivity index (χ3n) is 18.7. The van der Waals surface area contributed by atoms with Crippen molar-refractivity contribution in [3.05, 3.63) is 376 Å². The topological polar surface area (TPSA) is 9.72 Å². The number of hydrogen-bond acceptors (Lipinski definition) is 3. The smallest absolute Gasteiger partial charge is 0.252 e. The van der Waals surface area contributed by atoms with Crippen LogP contribution in [0.15, 0.2) is 376 Å². The monoisotopic (exact) mass is 1180 g/mol. The van der Waals surface area contributed by atoms with Crippen molar-refractivity contribution in [2.75, 3.05) is 14.7 Å². The van der Waals surface area contributed by atoms with Gasteiger partial charge in [-0.25, -0.2) is 0 Å². The van der Waals surface area contributed by atoms with Gasteiger partial charge in [0.15, 0.2) is 16.1 Å². The Morgan fingerprint density at radius 1 is 0.233 bits per heavy atom. The Labute approximate surface area is 530 Å². The van der Waals surface area contributed by atoms with Crippen LogP contribution < -0.4 is 72.6 Å². The van der Waals surface area contributed by atoms with Gasteiger partial charge in [-0.15, -0.1) is 0 Å². The molecule has 0 N–H and O–H groups in total. The fourth-order valence-corrected chi connectivity index (χ4v) is 24.5. The summed E-state index contributed by atoms with van der Waals surface area (Å²) in [6, 6.07) is 141. The molecule has 0 atom stereocenters. The normalized spacial score (nSPS) is 12.4. The Kier molecular flexibility index (Phi) is 14.0. The summed E-state index contributed by atoms with van der Waals surface area (Å²) in [6.07, 6.45) is 0. The first-order chi connectivity index (χ1) is 44.7. The van der Waals surface area contributed by atoms with Crippen LogP contribution in [0.3, 0.4) is 0 Å². The van der Waals surface area contributed by atoms with Crippen LogP contribution in [0, 0.1) is 0 Å². The average Bonchev–Trinajstić information content (AvgIpc) is 0.702. The van der Waals surface area contributed by atoms with Crippen LogP contribution in [0.4, 0.5) is 51.2 Å². The molecule has 2 aliphatic rings. The fraction of sp³-hybridized carbons (Fsp3) is 0. The number of anilines is 9. The first-order valence-electron chi connectivity index (χ1n) is 31.2. The zero-order valence-corrected chi connectivity index (χ0v) is 51.7. The Hall–Kier alpha value is -11.0. The van der Waals surface area contributed by atoms with Gasteiger partial charge >= 0.3 is 0 Å². The quantitative estimate of drug-likeness (QED) is 0.0794. The number of nitrogens with zero attached hydrogens (tertiary/aromatic N) is 3. The van der Waals surface area contributed by atoms with E-state index < -0.39 is 16.1 Å². The van der Waals surface area contributed by atoms with E-state index in [0.29, 0.717) is 0 Å². The standard InChI is InChI=1S/C84H62BN3Si2/c1-10-33-63(34-11-1)76-53-28-30-55-79(76)88-81-62-75(90(71-46-22-7-23-47-71,72-48-24-8-25-49-72)73-50-26-9-27-51-73)57-58-78(81)85-77-54-29-31-56-80(77)87(82-60-67(61-83(88)84(82)85)86(64-35-12-2-13-36-64)65-37-14-3-15-38-65)66-39-32-52-74(59-66)89(68-40-16-4-17-41-68,69-42-18-5-19-43-69)70-44-20-6-21-45-70/h1-62H. The summed E-state index contributed by atoms with van der Waals surface area (Å²) in [6.45, 7) is -0.154. The molecule has 0 unspecified atom stereocenters. The van der Waals surface area contributed by atoms with E-state index >= 15 is 0 Å². The lowest BCUT2D eigenvalue weighted by molar-refractivity contribution is 1.23. The van der Waals surface area contributed by atoms with Gasteiger partial charge in [0.25, 0.3) is 6.71 Å². The van der Waals surface area contributed by atoms with Gasteiger partial charge in [0.1, 0.15) is 0 Å². The molecule has 0 fully saturated rings. The maximum absolute atomic E-state index is 3.07. The molecule has 0 saturated carbocycles. The lowest BCUT2D eigenvalue weighted by Gasteiger charge is -2.46. The molecule has 0 aliphatic carbocycles. The summed E-state index contributed by atoms with van der Waals surface area (Å²) < 4.78 is 0. The van der Waals surface area contributed by atoms with Crippen molar-refractivity contribution in [1.82, 2.24) is 0 Å². The molecule has 0 spiro atoms. The number of rotatable bonds is 14. The summed E-state index contributed by atoms with van der Waals surface area (Å²) in [7, 11) is -6.06. The van der Waals surface area contributed by atoms with Crippen LogP contribution in [0.25, 0.3) is 11.1 Å². The fourth-order valence-electron chi connectivity index (χ4n) is 15.0. The SMILES string of the molecule is c1ccc(-c2ccccc2N2c3cc([Si](c4ccccc4)(c4ccccc4)c4ccccc4)ccc3B3c4ccccc4N(c4cccc([Si](c5ccccc5)(c5ccccc5)c5ccccc5)c4)c4cc(N(c5ccccc5)c5ccccc5)cc2c43)cc1. The highest BCUT2D eigenvalue weighted by Gasteiger charge is 2.48. The minimum atomic E-state index is -3.07. The number of benzene rings is 14. The summed E-state index contributed by atoms with van der Waals surface area (Å²) in [5.74, 6) is 0. The van der Waals surface area contributed by atoms with Crippen molar-refractivity contribution in [2.45, 2.75) is 0 Å². The highest BCUT2D eigenvalue weighted by Crippen LogP contribution is 2.49. The van der Waals surface area contributed by atoms with E-state index in [1.165, 1.54) is 57.9 Å². The van der Waals surface area contributed by atoms with Gasteiger partial charge in [-0.05, 0) is 130 Å². The molecule has 424 valence electrons. The second kappa shape index (κ2) is 23.2. The number of para-hydroxylation sites is 4. The van der Waals surface area contributed by atoms with Gasteiger partial charge in [-0.2, -0.15) is 0 Å². The maximum Gasteiger partial charge on any atom is 0.252 e. The van der Waals surface area contributed by atoms with Crippen molar-refractivity contribution in [3.63, 3.8) is 0 Å². The third-order valence-corrected chi connectivity index (χ3v) is 28.2. The van der Waals surface area contributed by atoms with E-state index in [1.807, 2.05) is 0 Å². The Balaban J connectivity index is 1.03. The van der Waals surface area contributed by atoms with E-state index in [-0.39, 0.29) is 6.71 Å². The molecule has 0 bridgehead atoms. The molecule has 0 radical (unpaired) electrons. The van der Waals surface area contributed by atoms with Crippen molar-refractivity contribution in [1.29, 1.82) is 0 Å². The lowest BCUT2D eigenvalue weighted by atomic mass is 9.33. The van der Waals surface area contributed by atoms with E-state index in [4.69, 9.17) is 0 Å². The molecule has 2 aliphatic heterocycles. The van der Waals surface area contributed by atoms with Crippen LogP contribution >= 0.6 is 0 Å². The van der Waals surface area contributed by atoms with Crippen molar-refractivity contribution in [3.8, 4) is 11.1 Å². The first-order valence-corrected chi connectivity index (χ1v) is 35.2. The lowest BCUT2D eigenvalue weighted by Crippen LogP contribution is -2.75. The molecule has 0 aromatic heterocycles. The van der Waals surface area contributed by atoms with Gasteiger partial charge in [0.05, 0.1) is 11.4 Å². The highest BCUT2D eigenvalue weighted by molar-refractivity contribution is 7.20. The van der Waals surface area contributed by atoms with Crippen LogP contribution in [-0.2, 0) is 0 Å². The minimum Gasteiger partial charge on any atom is -0.311 e. The zero-order chi connectivity index (χ0) is 59.9. The van der Waals surface area contributed by atoms with E-state index in [2.05, 4.69) is 391 Å². The second-order valence-electron chi connectivity index (χ2n) is 23.5. The molecular weight excluding hydrogens is 1120 g/mol. The Morgan fingerprint density at radius 2 is 0.600 bits per heavy atom. The predicted molar refractivity (Wildman–Crippen MR) is 388 cm³/mol. The molecule has 14 aromatic rings. The average molecular weight is 1180 g/mol. The minimum absolute atomic E-state index is 0.154. The molecule has 90 heavy (non-hydrogen) atoms. The summed E-state index contributed by atoms with van der Waals surface area (Å²) in [4.78, 5) is 7.70. The zero-order valence-electron chi connectivity index (χ0n) is 49.7. The van der Waals surface area contributed by atoms with Crippen molar-refractivity contribution < 1.29 is 0 Å². The van der Waals surface area contributed by atoms with Gasteiger partial charge < -0.3 is 14.7 Å². The van der Waals surface area contributed by atoms with E-state index in [0.717, 1.165) is 62.3 Å². The van der Waals surface area contributed by atoms with Gasteiger partial charge in [0.2, 0.25) is 0 Å². The molecule has 2 heterocycles. The molecule has 16 rings (SSSR count). The molecule has 3 nitrogen and oxygen atoms in total. The molecule has 0 saturated heterocycles. The van der Waals surface area contributed by atoms with Gasteiger partial charge in [-0.3, -0.25) is 0 Å². The molecular formula is C84H62BN3Si2. The predicted octanol–water partition coefficient (Wildman–Crippen LogP) is 13.7. The first kappa shape index (κ1) is 54.4. The summed E-state index contributed by atoms with van der Waals surface area (Å²) in [5.41, 5.74) is 16.0. The van der Waals surface area contributed by atoms with Gasteiger partial charge in [-0.1, -0.05) is 309 Å². The molecule has 6 heteroatoms. The van der Waals surface area contributed by atoms with E-state index in [9.17, 15) is 0 Å². The van der Waals surface area contributed by atoms with Gasteiger partial charge in [0, 0.05) is 45.4 Å². The number of hydrogen-bond donors (Lipinski definition) is 0. The Bertz CT molecular complexity index is 4600. The van der Waals surface area contributed by atoms with E-state index in [1.54, 1.807) is 0 Å².